The molecular weight excluding hydrogens is 362 g/mol. The minimum Gasteiger partial charge on any atom is -0.495 e. The van der Waals surface area contributed by atoms with Gasteiger partial charge in [-0.2, -0.15) is 0 Å². The molecule has 0 unspecified atom stereocenters. The van der Waals surface area contributed by atoms with Crippen molar-refractivity contribution in [2.24, 2.45) is 4.99 Å². The van der Waals surface area contributed by atoms with Crippen LogP contribution in [0.1, 0.15) is 46.1 Å². The summed E-state index contributed by atoms with van der Waals surface area (Å²) in [5, 5.41) is 6.89. The first kappa shape index (κ1) is 21.0. The van der Waals surface area contributed by atoms with Crippen LogP contribution in [-0.2, 0) is 11.3 Å². The fourth-order valence-corrected chi connectivity index (χ4v) is 3.11. The molecule has 1 aromatic rings. The zero-order valence-corrected chi connectivity index (χ0v) is 17.5. The highest BCUT2D eigenvalue weighted by molar-refractivity contribution is 6.32. The number of amides is 1. The molecule has 1 fully saturated rings. The Bertz CT molecular complexity index is 804. The van der Waals surface area contributed by atoms with E-state index in [9.17, 15) is 4.79 Å². The lowest BCUT2D eigenvalue weighted by atomic mass is 10.0. The first-order chi connectivity index (χ1) is 12.7. The molecule has 1 aliphatic carbocycles. The third-order valence-electron chi connectivity index (χ3n) is 4.70. The second kappa shape index (κ2) is 8.61. The van der Waals surface area contributed by atoms with Crippen LogP contribution in [0.4, 0.5) is 0 Å². The lowest BCUT2D eigenvalue weighted by Gasteiger charge is -2.18. The number of aliphatic imine (C=N–C) groups is 1. The summed E-state index contributed by atoms with van der Waals surface area (Å²) in [6.45, 7) is 11.9. The molecular formula is C21H28ClN3O2. The number of methoxy groups -OCH3 is 1. The van der Waals surface area contributed by atoms with Gasteiger partial charge in [-0.3, -0.25) is 4.79 Å². The van der Waals surface area contributed by atoms with E-state index in [4.69, 9.17) is 16.3 Å². The Morgan fingerprint density at radius 3 is 2.48 bits per heavy atom. The molecule has 1 amide bonds. The van der Waals surface area contributed by atoms with Crippen LogP contribution in [0.2, 0.25) is 5.02 Å². The molecule has 1 aliphatic rings. The van der Waals surface area contributed by atoms with Gasteiger partial charge in [-0.05, 0) is 65.0 Å². The van der Waals surface area contributed by atoms with Gasteiger partial charge in [0.2, 0.25) is 0 Å². The van der Waals surface area contributed by atoms with Gasteiger partial charge in [-0.25, -0.2) is 4.99 Å². The van der Waals surface area contributed by atoms with E-state index in [0.717, 1.165) is 29.6 Å². The molecule has 0 heterocycles. The highest BCUT2D eigenvalue weighted by Gasteiger charge is 2.38. The molecule has 1 saturated carbocycles. The van der Waals surface area contributed by atoms with Crippen LogP contribution in [-0.4, -0.2) is 25.3 Å². The summed E-state index contributed by atoms with van der Waals surface area (Å²) in [6.07, 6.45) is 2.18. The van der Waals surface area contributed by atoms with Gasteiger partial charge in [-0.15, -0.1) is 0 Å². The largest absolute Gasteiger partial charge is 0.495 e. The van der Waals surface area contributed by atoms with E-state index in [0.29, 0.717) is 28.7 Å². The Morgan fingerprint density at radius 1 is 1.33 bits per heavy atom. The van der Waals surface area contributed by atoms with Crippen LogP contribution in [0.15, 0.2) is 45.7 Å². The van der Waals surface area contributed by atoms with Gasteiger partial charge >= 0.3 is 0 Å². The van der Waals surface area contributed by atoms with Crippen LogP contribution in [0.5, 0.6) is 5.75 Å². The zero-order valence-electron chi connectivity index (χ0n) is 16.7. The summed E-state index contributed by atoms with van der Waals surface area (Å²) in [5.74, 6) is 1.12. The molecule has 0 atom stereocenters. The van der Waals surface area contributed by atoms with Gasteiger partial charge in [0, 0.05) is 23.2 Å². The predicted molar refractivity (Wildman–Crippen MR) is 111 cm³/mol. The van der Waals surface area contributed by atoms with Crippen molar-refractivity contribution in [2.45, 2.75) is 52.6 Å². The summed E-state index contributed by atoms with van der Waals surface area (Å²) in [7, 11) is 1.57. The molecule has 0 radical (unpaired) electrons. The van der Waals surface area contributed by atoms with E-state index < -0.39 is 0 Å². The number of allylic oxidation sites excluding steroid dienone is 1. The Balaban J connectivity index is 2.16. The van der Waals surface area contributed by atoms with Crippen LogP contribution < -0.4 is 15.4 Å². The number of ether oxygens (including phenoxy) is 1. The maximum absolute atomic E-state index is 12.9. The van der Waals surface area contributed by atoms with Crippen molar-refractivity contribution in [3.8, 4) is 5.75 Å². The van der Waals surface area contributed by atoms with Crippen molar-refractivity contribution in [1.29, 1.82) is 0 Å². The average molecular weight is 390 g/mol. The molecule has 1 aromatic carbocycles. The van der Waals surface area contributed by atoms with Crippen LogP contribution in [0, 0.1) is 0 Å². The number of carbonyl (C=O) groups is 1. The second-order valence-electron chi connectivity index (χ2n) is 7.34. The second-order valence-corrected chi connectivity index (χ2v) is 7.75. The minimum atomic E-state index is -0.150. The zero-order chi connectivity index (χ0) is 20.2. The summed E-state index contributed by atoms with van der Waals surface area (Å²) < 4.78 is 5.15. The summed E-state index contributed by atoms with van der Waals surface area (Å²) in [4.78, 5) is 17.0. The number of rotatable bonds is 8. The van der Waals surface area contributed by atoms with E-state index in [2.05, 4.69) is 29.3 Å². The molecule has 0 spiro atoms. The third kappa shape index (κ3) is 5.36. The molecule has 2 rings (SSSR count). The first-order valence-corrected chi connectivity index (χ1v) is 9.33. The van der Waals surface area contributed by atoms with Crippen molar-refractivity contribution in [1.82, 2.24) is 10.6 Å². The van der Waals surface area contributed by atoms with Crippen LogP contribution in [0.3, 0.4) is 0 Å². The molecule has 2 N–H and O–H groups in total. The molecule has 0 bridgehead atoms. The van der Waals surface area contributed by atoms with Gasteiger partial charge in [-0.1, -0.05) is 23.2 Å². The maximum Gasteiger partial charge on any atom is 0.251 e. The Hall–Kier alpha value is -2.27. The molecule has 0 aliphatic heterocycles. The number of hydrogen-bond donors (Lipinski definition) is 2. The Morgan fingerprint density at radius 2 is 2.00 bits per heavy atom. The molecule has 0 aromatic heterocycles. The number of nitrogens with one attached hydrogen (secondary N) is 2. The highest BCUT2D eigenvalue weighted by Crippen LogP contribution is 2.36. The number of hydrogen-bond acceptors (Lipinski definition) is 4. The monoisotopic (exact) mass is 389 g/mol. The van der Waals surface area contributed by atoms with Gasteiger partial charge in [0.05, 0.1) is 12.1 Å². The van der Waals surface area contributed by atoms with Gasteiger partial charge < -0.3 is 15.4 Å². The number of benzene rings is 1. The summed E-state index contributed by atoms with van der Waals surface area (Å²) in [5.41, 5.74) is 3.29. The van der Waals surface area contributed by atoms with Crippen molar-refractivity contribution >= 4 is 24.2 Å². The fourth-order valence-electron chi connectivity index (χ4n) is 2.83. The lowest BCUT2D eigenvalue weighted by Crippen LogP contribution is -2.30. The Kier molecular flexibility index (Phi) is 6.71. The first-order valence-electron chi connectivity index (χ1n) is 8.95. The Labute approximate surface area is 166 Å². The van der Waals surface area contributed by atoms with E-state index in [1.165, 1.54) is 0 Å². The standard InChI is InChI=1S/C21H28ClN3O2/c1-13(2)18(14(3)19(23-5)25-21(4)9-10-21)20(26)24-12-15-7-8-17(27-6)16(22)11-15/h7-8,11,25H,5,9-10,12H2,1-4,6H3,(H,24,26)/b19-14-. The van der Waals surface area contributed by atoms with Crippen molar-refractivity contribution < 1.29 is 9.53 Å². The smallest absolute Gasteiger partial charge is 0.251 e. The van der Waals surface area contributed by atoms with Crippen LogP contribution in [0.25, 0.3) is 0 Å². The molecule has 0 saturated heterocycles. The summed E-state index contributed by atoms with van der Waals surface area (Å²) >= 11 is 6.15. The molecule has 6 heteroatoms. The number of carbonyl (C=O) groups excluding carboxylic acids is 1. The van der Waals surface area contributed by atoms with Crippen molar-refractivity contribution in [3.05, 3.63) is 51.3 Å². The van der Waals surface area contributed by atoms with Gasteiger partial charge in [0.15, 0.2) is 0 Å². The fraction of sp³-hybridized carbons (Fsp3) is 0.429. The van der Waals surface area contributed by atoms with Gasteiger partial charge in [0.1, 0.15) is 11.6 Å². The topological polar surface area (TPSA) is 62.7 Å². The van der Waals surface area contributed by atoms with E-state index in [-0.39, 0.29) is 11.4 Å². The van der Waals surface area contributed by atoms with Crippen molar-refractivity contribution in [2.75, 3.05) is 7.11 Å². The molecule has 27 heavy (non-hydrogen) atoms. The van der Waals surface area contributed by atoms with Crippen molar-refractivity contribution in [3.63, 3.8) is 0 Å². The molecule has 146 valence electrons. The minimum absolute atomic E-state index is 0.0564. The number of halogens is 1. The van der Waals surface area contributed by atoms with E-state index in [1.54, 1.807) is 19.2 Å². The quantitative estimate of drug-likeness (QED) is 0.394. The highest BCUT2D eigenvalue weighted by atomic mass is 35.5. The third-order valence-corrected chi connectivity index (χ3v) is 5.00. The molecule has 5 nitrogen and oxygen atoms in total. The maximum atomic E-state index is 12.9. The SMILES string of the molecule is C=N/C(NC1(C)CC1)=C(\C)C(C(=O)NCc1ccc(OC)c(Cl)c1)=C(C)C. The predicted octanol–water partition coefficient (Wildman–Crippen LogP) is 4.38. The average Bonchev–Trinajstić information content (AvgIpc) is 3.35. The van der Waals surface area contributed by atoms with E-state index in [1.807, 2.05) is 26.8 Å². The number of nitrogens with zero attached hydrogens (tertiary/aromatic N) is 1. The van der Waals surface area contributed by atoms with E-state index >= 15 is 0 Å². The summed E-state index contributed by atoms with van der Waals surface area (Å²) in [6, 6.07) is 5.46. The van der Waals surface area contributed by atoms with Gasteiger partial charge in [0.25, 0.3) is 5.91 Å². The normalized spacial score (nSPS) is 15.3. The van der Waals surface area contributed by atoms with Crippen LogP contribution >= 0.6 is 11.6 Å². The lowest BCUT2D eigenvalue weighted by molar-refractivity contribution is -0.117.